The van der Waals surface area contributed by atoms with Gasteiger partial charge in [-0.1, -0.05) is 0 Å². The Labute approximate surface area is 253 Å². The predicted molar refractivity (Wildman–Crippen MR) is 154 cm³/mol. The number of hydrogen-bond donors (Lipinski definition) is 13. The van der Waals surface area contributed by atoms with Crippen molar-refractivity contribution in [1.29, 1.82) is 0 Å². The summed E-state index contributed by atoms with van der Waals surface area (Å²) in [4.78, 5) is 87.0. The Kier molecular flexibility index (Phi) is 22.5. The molecular weight excluding hydrogens is 590 g/mol. The van der Waals surface area contributed by atoms with Crippen LogP contribution in [-0.4, -0.2) is 127 Å². The topological polar surface area (TPSA) is 380 Å². The Morgan fingerprint density at radius 1 is 0.591 bits per heavy atom. The molecule has 0 radical (unpaired) electrons. The molecule has 1 heterocycles. The number of carbonyl (C=O) groups excluding carboxylic acids is 7. The van der Waals surface area contributed by atoms with Crippen LogP contribution in [0.1, 0.15) is 32.1 Å². The van der Waals surface area contributed by atoms with Crippen molar-refractivity contribution >= 4 is 41.4 Å². The van der Waals surface area contributed by atoms with E-state index in [1.807, 2.05) is 10.6 Å². The monoisotopic (exact) mass is 637 g/mol. The molecule has 0 spiro atoms. The molecule has 0 aromatic rings. The lowest BCUT2D eigenvalue weighted by Crippen LogP contribution is -2.59. The SMILES string of the molecule is CN.NCCC1NC(=O)CCCNC(=O)C(O)NC(=O)C(CCN)NC(=O)[C@H](CCN)NC(=O)C(O)NC(=O)CNC1=O.O. The standard InChI is InChI=1S/C22H40N10O9.CH5N.H2O/c23-6-3-11-16(35)27-10-15(34)31-22(41)21(40)30-12(4-7-24)17(36)29-13(5-8-25)18(37)32-20(39)19(38)26-9-1-2-14(33)28-11;1-2;/h11-13,20,22,39,41H,1-10,23-25H2,(H,26,38)(H,27,35)(H,28,33)(H,29,36)(H,30,40)(H,31,34)(H,32,37);2H2,1H3;1H2/t11?,12-,13?,20?,22?;;/m0../s1. The molecule has 1 saturated heterocycles. The molecule has 1 aliphatic rings. The van der Waals surface area contributed by atoms with Crippen LogP contribution in [-0.2, 0) is 33.6 Å². The van der Waals surface area contributed by atoms with Gasteiger partial charge in [-0.3, -0.25) is 33.6 Å². The second-order valence-electron chi connectivity index (χ2n) is 8.97. The smallest absolute Gasteiger partial charge is 0.270 e. The second kappa shape index (κ2) is 23.5. The third-order valence-corrected chi connectivity index (χ3v) is 5.66. The van der Waals surface area contributed by atoms with E-state index in [1.54, 1.807) is 0 Å². The third kappa shape index (κ3) is 16.0. The minimum Gasteiger partial charge on any atom is -0.412 e. The average Bonchev–Trinajstić information content (AvgIpc) is 2.97. The molecule has 1 fully saturated rings. The molecule has 0 bridgehead atoms. The van der Waals surface area contributed by atoms with E-state index in [-0.39, 0.29) is 63.8 Å². The van der Waals surface area contributed by atoms with Crippen LogP contribution in [0.2, 0.25) is 0 Å². The first-order valence-corrected chi connectivity index (χ1v) is 13.5. The van der Waals surface area contributed by atoms with Gasteiger partial charge in [-0.2, -0.15) is 0 Å². The summed E-state index contributed by atoms with van der Waals surface area (Å²) in [7, 11) is 1.50. The molecule has 21 heteroatoms. The zero-order chi connectivity index (χ0) is 32.9. The van der Waals surface area contributed by atoms with E-state index in [0.717, 1.165) is 0 Å². The molecule has 44 heavy (non-hydrogen) atoms. The normalized spacial score (nSPS) is 25.2. The van der Waals surface area contributed by atoms with Crippen LogP contribution in [0.3, 0.4) is 0 Å². The molecule has 0 aromatic heterocycles. The summed E-state index contributed by atoms with van der Waals surface area (Å²) < 4.78 is 0. The molecule has 4 unspecified atom stereocenters. The number of aliphatic hydroxyl groups excluding tert-OH is 2. The Morgan fingerprint density at radius 2 is 1.05 bits per heavy atom. The first-order valence-electron chi connectivity index (χ1n) is 13.5. The highest BCUT2D eigenvalue weighted by Gasteiger charge is 2.30. The fraction of sp³-hybridized carbons (Fsp3) is 0.696. The van der Waals surface area contributed by atoms with Crippen molar-refractivity contribution in [2.45, 2.75) is 62.7 Å². The molecule has 7 amide bonds. The van der Waals surface area contributed by atoms with Crippen molar-refractivity contribution in [1.82, 2.24) is 37.2 Å². The number of nitrogens with two attached hydrogens (primary N) is 4. The minimum atomic E-state index is -2.13. The molecule has 5 atom stereocenters. The van der Waals surface area contributed by atoms with Crippen molar-refractivity contribution in [3.63, 3.8) is 0 Å². The molecule has 0 aliphatic carbocycles. The molecule has 1 rings (SSSR count). The zero-order valence-electron chi connectivity index (χ0n) is 24.5. The molecule has 21 nitrogen and oxygen atoms in total. The predicted octanol–water partition coefficient (Wildman–Crippen LogP) is -8.87. The van der Waals surface area contributed by atoms with Gasteiger partial charge >= 0.3 is 0 Å². The maximum Gasteiger partial charge on any atom is 0.270 e. The summed E-state index contributed by atoms with van der Waals surface area (Å²) in [5.41, 5.74) is 21.0. The Bertz CT molecular complexity index is 956. The van der Waals surface area contributed by atoms with Gasteiger partial charge in [0.1, 0.15) is 18.1 Å². The van der Waals surface area contributed by atoms with Gasteiger partial charge in [0.2, 0.25) is 42.0 Å². The van der Waals surface area contributed by atoms with Crippen LogP contribution in [0.15, 0.2) is 0 Å². The molecule has 19 N–H and O–H groups in total. The summed E-state index contributed by atoms with van der Waals surface area (Å²) in [6.07, 6.45) is -4.39. The van der Waals surface area contributed by atoms with Gasteiger partial charge in [0.05, 0.1) is 6.54 Å². The van der Waals surface area contributed by atoms with Gasteiger partial charge in [-0.05, 0) is 52.4 Å². The average molecular weight is 638 g/mol. The van der Waals surface area contributed by atoms with Crippen molar-refractivity contribution in [3.05, 3.63) is 0 Å². The van der Waals surface area contributed by atoms with Crippen molar-refractivity contribution in [3.8, 4) is 0 Å². The van der Waals surface area contributed by atoms with Crippen molar-refractivity contribution < 1.29 is 49.3 Å². The highest BCUT2D eigenvalue weighted by atomic mass is 16.3. The Hall–Kier alpha value is -3.99. The van der Waals surface area contributed by atoms with E-state index in [1.165, 1.54) is 7.05 Å². The molecule has 1 aliphatic heterocycles. The zero-order valence-corrected chi connectivity index (χ0v) is 24.5. The van der Waals surface area contributed by atoms with Crippen LogP contribution < -0.4 is 60.2 Å². The lowest BCUT2D eigenvalue weighted by atomic mass is 10.1. The number of carbonyl (C=O) groups is 7. The lowest BCUT2D eigenvalue weighted by molar-refractivity contribution is -0.140. The minimum absolute atomic E-state index is 0. The maximum absolute atomic E-state index is 12.8. The van der Waals surface area contributed by atoms with Crippen LogP contribution in [0.4, 0.5) is 0 Å². The largest absolute Gasteiger partial charge is 0.412 e. The quantitative estimate of drug-likeness (QED) is 0.129. The molecular formula is C23H47N11O10. The van der Waals surface area contributed by atoms with E-state index >= 15 is 0 Å². The van der Waals surface area contributed by atoms with Gasteiger partial charge in [0.15, 0.2) is 0 Å². The van der Waals surface area contributed by atoms with Crippen LogP contribution in [0, 0.1) is 0 Å². The van der Waals surface area contributed by atoms with Gasteiger partial charge < -0.3 is 75.8 Å². The van der Waals surface area contributed by atoms with Gasteiger partial charge in [0, 0.05) is 13.0 Å². The highest BCUT2D eigenvalue weighted by Crippen LogP contribution is 1.99. The fourth-order valence-electron chi connectivity index (χ4n) is 3.51. The van der Waals surface area contributed by atoms with E-state index in [2.05, 4.69) is 32.3 Å². The Balaban J connectivity index is 0. The summed E-state index contributed by atoms with van der Waals surface area (Å²) in [5, 5.41) is 35.7. The second-order valence-corrected chi connectivity index (χ2v) is 8.97. The van der Waals surface area contributed by atoms with Crippen LogP contribution in [0.25, 0.3) is 0 Å². The number of amides is 7. The van der Waals surface area contributed by atoms with Crippen LogP contribution >= 0.6 is 0 Å². The molecule has 0 saturated carbocycles. The summed E-state index contributed by atoms with van der Waals surface area (Å²) in [6.45, 7) is -0.896. The molecule has 0 aromatic carbocycles. The van der Waals surface area contributed by atoms with Crippen molar-refractivity contribution in [2.24, 2.45) is 22.9 Å². The first-order chi connectivity index (χ1) is 20.4. The third-order valence-electron chi connectivity index (χ3n) is 5.66. The van der Waals surface area contributed by atoms with Gasteiger partial charge in [-0.25, -0.2) is 0 Å². The van der Waals surface area contributed by atoms with Gasteiger partial charge in [0.25, 0.3) is 11.8 Å². The van der Waals surface area contributed by atoms with E-state index in [9.17, 15) is 43.8 Å². The van der Waals surface area contributed by atoms with Crippen molar-refractivity contribution in [2.75, 3.05) is 39.8 Å². The summed E-state index contributed by atoms with van der Waals surface area (Å²) >= 11 is 0. The highest BCUT2D eigenvalue weighted by molar-refractivity contribution is 5.95. The van der Waals surface area contributed by atoms with E-state index in [4.69, 9.17) is 17.2 Å². The number of hydrogen-bond acceptors (Lipinski definition) is 13. The number of rotatable bonds is 6. The summed E-state index contributed by atoms with van der Waals surface area (Å²) in [5.74, 6) is -6.34. The maximum atomic E-state index is 12.8. The Morgan fingerprint density at radius 3 is 1.57 bits per heavy atom. The van der Waals surface area contributed by atoms with Gasteiger partial charge in [-0.15, -0.1) is 0 Å². The lowest BCUT2D eigenvalue weighted by Gasteiger charge is -2.24. The van der Waals surface area contributed by atoms with E-state index in [0.29, 0.717) is 0 Å². The summed E-state index contributed by atoms with van der Waals surface area (Å²) in [6, 6.07) is -3.78. The number of aliphatic hydroxyl groups is 2. The fourth-order valence-corrected chi connectivity index (χ4v) is 3.51. The first kappa shape index (κ1) is 42.1. The molecule has 254 valence electrons. The van der Waals surface area contributed by atoms with E-state index < -0.39 is 78.5 Å². The number of nitrogens with one attached hydrogen (secondary N) is 7. The van der Waals surface area contributed by atoms with Crippen LogP contribution in [0.5, 0.6) is 0 Å².